The molecule has 0 aliphatic carbocycles. The van der Waals surface area contributed by atoms with Crippen LogP contribution in [0.2, 0.25) is 0 Å². The molecular formula is C8H11N5S. The molecule has 0 aliphatic rings. The highest BCUT2D eigenvalue weighted by molar-refractivity contribution is 7.13. The van der Waals surface area contributed by atoms with Crippen molar-refractivity contribution in [3.05, 3.63) is 23.0 Å². The van der Waals surface area contributed by atoms with E-state index in [9.17, 15) is 0 Å². The SMILES string of the molecule is Cc1nn(C)cc1CNc1nncs1. The topological polar surface area (TPSA) is 55.6 Å². The number of aryl methyl sites for hydroxylation is 2. The summed E-state index contributed by atoms with van der Waals surface area (Å²) in [4.78, 5) is 0. The van der Waals surface area contributed by atoms with Crippen LogP contribution < -0.4 is 5.32 Å². The van der Waals surface area contributed by atoms with Crippen LogP contribution in [0.15, 0.2) is 11.7 Å². The predicted octanol–water partition coefficient (Wildman–Crippen LogP) is 1.19. The van der Waals surface area contributed by atoms with Gasteiger partial charge in [-0.2, -0.15) is 5.10 Å². The van der Waals surface area contributed by atoms with Crippen LogP contribution in [-0.2, 0) is 13.6 Å². The van der Waals surface area contributed by atoms with E-state index in [0.29, 0.717) is 0 Å². The highest BCUT2D eigenvalue weighted by atomic mass is 32.1. The zero-order valence-electron chi connectivity index (χ0n) is 8.06. The van der Waals surface area contributed by atoms with Crippen molar-refractivity contribution >= 4 is 16.5 Å². The van der Waals surface area contributed by atoms with Crippen LogP contribution in [-0.4, -0.2) is 20.0 Å². The first-order valence-electron chi connectivity index (χ1n) is 4.25. The Morgan fingerprint density at radius 2 is 2.43 bits per heavy atom. The van der Waals surface area contributed by atoms with E-state index in [0.717, 1.165) is 17.4 Å². The van der Waals surface area contributed by atoms with E-state index in [1.165, 1.54) is 16.9 Å². The van der Waals surface area contributed by atoms with Gasteiger partial charge >= 0.3 is 0 Å². The molecule has 0 unspecified atom stereocenters. The van der Waals surface area contributed by atoms with Crippen LogP contribution in [0, 0.1) is 6.92 Å². The van der Waals surface area contributed by atoms with Gasteiger partial charge in [-0.3, -0.25) is 4.68 Å². The second-order valence-electron chi connectivity index (χ2n) is 3.01. The molecule has 0 saturated heterocycles. The molecule has 2 aromatic heterocycles. The Balaban J connectivity index is 2.01. The lowest BCUT2D eigenvalue weighted by atomic mass is 10.3. The van der Waals surface area contributed by atoms with E-state index in [2.05, 4.69) is 20.6 Å². The summed E-state index contributed by atoms with van der Waals surface area (Å²) >= 11 is 1.49. The van der Waals surface area contributed by atoms with E-state index in [4.69, 9.17) is 0 Å². The number of anilines is 1. The summed E-state index contributed by atoms with van der Waals surface area (Å²) in [5, 5.41) is 15.9. The molecule has 2 aromatic rings. The number of aromatic nitrogens is 4. The maximum atomic E-state index is 4.26. The van der Waals surface area contributed by atoms with E-state index >= 15 is 0 Å². The van der Waals surface area contributed by atoms with Crippen LogP contribution in [0.4, 0.5) is 5.13 Å². The predicted molar refractivity (Wildman–Crippen MR) is 55.2 cm³/mol. The average molecular weight is 209 g/mol. The summed E-state index contributed by atoms with van der Waals surface area (Å²) in [6.07, 6.45) is 2.00. The standard InChI is InChI=1S/C8H11N5S/c1-6-7(4-13(2)12-6)3-9-8-11-10-5-14-8/h4-5H,3H2,1-2H3,(H,9,11). The molecule has 0 aliphatic heterocycles. The van der Waals surface area contributed by atoms with Crippen molar-refractivity contribution < 1.29 is 0 Å². The second kappa shape index (κ2) is 3.75. The summed E-state index contributed by atoms with van der Waals surface area (Å²) in [6, 6.07) is 0. The molecule has 14 heavy (non-hydrogen) atoms. The van der Waals surface area contributed by atoms with E-state index < -0.39 is 0 Å². The van der Waals surface area contributed by atoms with E-state index in [1.54, 1.807) is 5.51 Å². The molecule has 74 valence electrons. The third-order valence-corrected chi connectivity index (χ3v) is 2.55. The first kappa shape index (κ1) is 9.14. The van der Waals surface area contributed by atoms with Crippen molar-refractivity contribution in [1.82, 2.24) is 20.0 Å². The lowest BCUT2D eigenvalue weighted by molar-refractivity contribution is 0.756. The van der Waals surface area contributed by atoms with Crippen LogP contribution >= 0.6 is 11.3 Å². The molecule has 0 atom stereocenters. The van der Waals surface area contributed by atoms with Gasteiger partial charge in [0.2, 0.25) is 5.13 Å². The second-order valence-corrected chi connectivity index (χ2v) is 3.84. The quantitative estimate of drug-likeness (QED) is 0.825. The molecule has 1 N–H and O–H groups in total. The first-order chi connectivity index (χ1) is 6.75. The van der Waals surface area contributed by atoms with Crippen LogP contribution in [0.1, 0.15) is 11.3 Å². The van der Waals surface area contributed by atoms with Gasteiger partial charge in [-0.15, -0.1) is 10.2 Å². The van der Waals surface area contributed by atoms with Crippen molar-refractivity contribution in [3.63, 3.8) is 0 Å². The molecule has 0 amide bonds. The minimum absolute atomic E-state index is 0.745. The Kier molecular flexibility index (Phi) is 2.45. The summed E-state index contributed by atoms with van der Waals surface area (Å²) in [5.41, 5.74) is 3.94. The van der Waals surface area contributed by atoms with Gasteiger partial charge in [0.1, 0.15) is 5.51 Å². The maximum absolute atomic E-state index is 4.26. The average Bonchev–Trinajstić information content (AvgIpc) is 2.72. The van der Waals surface area contributed by atoms with Gasteiger partial charge in [0, 0.05) is 25.4 Å². The monoisotopic (exact) mass is 209 g/mol. The molecule has 0 fully saturated rings. The molecule has 0 radical (unpaired) electrons. The van der Waals surface area contributed by atoms with Gasteiger partial charge in [-0.05, 0) is 6.92 Å². The van der Waals surface area contributed by atoms with Crippen molar-refractivity contribution in [1.29, 1.82) is 0 Å². The fourth-order valence-electron chi connectivity index (χ4n) is 1.24. The van der Waals surface area contributed by atoms with Gasteiger partial charge in [0.15, 0.2) is 0 Å². The van der Waals surface area contributed by atoms with Crippen LogP contribution in [0.5, 0.6) is 0 Å². The lowest BCUT2D eigenvalue weighted by Gasteiger charge is -1.98. The summed E-state index contributed by atoms with van der Waals surface area (Å²) < 4.78 is 1.81. The number of nitrogens with zero attached hydrogens (tertiary/aromatic N) is 4. The minimum Gasteiger partial charge on any atom is -0.356 e. The van der Waals surface area contributed by atoms with E-state index in [-0.39, 0.29) is 0 Å². The van der Waals surface area contributed by atoms with Gasteiger partial charge in [0.05, 0.1) is 5.69 Å². The molecule has 2 heterocycles. The highest BCUT2D eigenvalue weighted by Gasteiger charge is 2.03. The smallest absolute Gasteiger partial charge is 0.205 e. The van der Waals surface area contributed by atoms with Gasteiger partial charge in [-0.25, -0.2) is 0 Å². The lowest BCUT2D eigenvalue weighted by Crippen LogP contribution is -1.99. The van der Waals surface area contributed by atoms with Crippen LogP contribution in [0.25, 0.3) is 0 Å². The Hall–Kier alpha value is -1.43. The number of rotatable bonds is 3. The Labute approximate surface area is 85.8 Å². The van der Waals surface area contributed by atoms with Crippen molar-refractivity contribution in [2.24, 2.45) is 7.05 Å². The molecule has 0 saturated carbocycles. The maximum Gasteiger partial charge on any atom is 0.205 e. The Morgan fingerprint density at radius 1 is 1.57 bits per heavy atom. The third kappa shape index (κ3) is 1.90. The van der Waals surface area contributed by atoms with E-state index in [1.807, 2.05) is 24.9 Å². The zero-order chi connectivity index (χ0) is 9.97. The first-order valence-corrected chi connectivity index (χ1v) is 5.13. The fourth-order valence-corrected chi connectivity index (χ4v) is 1.69. The summed E-state index contributed by atoms with van der Waals surface area (Å²) in [6.45, 7) is 2.74. The minimum atomic E-state index is 0.745. The Bertz CT molecular complexity index is 405. The molecule has 0 bridgehead atoms. The number of nitrogens with one attached hydrogen (secondary N) is 1. The number of hydrogen-bond donors (Lipinski definition) is 1. The van der Waals surface area contributed by atoms with Crippen molar-refractivity contribution in [2.45, 2.75) is 13.5 Å². The molecule has 5 nitrogen and oxygen atoms in total. The highest BCUT2D eigenvalue weighted by Crippen LogP contribution is 2.11. The third-order valence-electron chi connectivity index (χ3n) is 1.91. The molecular weight excluding hydrogens is 198 g/mol. The molecule has 6 heteroatoms. The summed E-state index contributed by atoms with van der Waals surface area (Å²) in [5.74, 6) is 0. The normalized spacial score (nSPS) is 10.4. The van der Waals surface area contributed by atoms with Gasteiger partial charge in [-0.1, -0.05) is 11.3 Å². The number of hydrogen-bond acceptors (Lipinski definition) is 5. The molecule has 0 aromatic carbocycles. The van der Waals surface area contributed by atoms with Crippen molar-refractivity contribution in [3.8, 4) is 0 Å². The Morgan fingerprint density at radius 3 is 3.00 bits per heavy atom. The van der Waals surface area contributed by atoms with Crippen molar-refractivity contribution in [2.75, 3.05) is 5.32 Å². The largest absolute Gasteiger partial charge is 0.356 e. The fraction of sp³-hybridized carbons (Fsp3) is 0.375. The van der Waals surface area contributed by atoms with Gasteiger partial charge in [0.25, 0.3) is 0 Å². The van der Waals surface area contributed by atoms with Crippen LogP contribution in [0.3, 0.4) is 0 Å². The zero-order valence-corrected chi connectivity index (χ0v) is 8.88. The summed E-state index contributed by atoms with van der Waals surface area (Å²) in [7, 11) is 1.92. The molecule has 2 rings (SSSR count). The van der Waals surface area contributed by atoms with Gasteiger partial charge < -0.3 is 5.32 Å². The molecule has 0 spiro atoms.